The van der Waals surface area contributed by atoms with Crippen molar-refractivity contribution in [3.63, 3.8) is 0 Å². The molecular weight excluding hydrogens is 267 g/mol. The molecule has 1 fully saturated rings. The summed E-state index contributed by atoms with van der Waals surface area (Å²) >= 11 is 0. The molecular formula is C17H23FN2O. The number of ether oxygens (including phenoxy) is 1. The van der Waals surface area contributed by atoms with Crippen molar-refractivity contribution < 1.29 is 9.13 Å². The smallest absolute Gasteiger partial charge is 0.138 e. The first-order chi connectivity index (χ1) is 10.2. The van der Waals surface area contributed by atoms with Gasteiger partial charge in [-0.3, -0.25) is 4.90 Å². The van der Waals surface area contributed by atoms with E-state index in [0.717, 1.165) is 44.6 Å². The number of halogens is 1. The summed E-state index contributed by atoms with van der Waals surface area (Å²) in [7, 11) is 1.76. The molecule has 1 aliphatic rings. The molecule has 0 saturated carbocycles. The maximum atomic E-state index is 13.6. The van der Waals surface area contributed by atoms with Crippen LogP contribution in [0.25, 0.3) is 0 Å². The highest BCUT2D eigenvalue weighted by Crippen LogP contribution is 2.20. The van der Waals surface area contributed by atoms with Crippen molar-refractivity contribution in [1.82, 2.24) is 4.90 Å². The molecule has 4 heteroatoms. The highest BCUT2D eigenvalue weighted by molar-refractivity contribution is 5.38. The quantitative estimate of drug-likeness (QED) is 0.862. The molecule has 0 aliphatic carbocycles. The predicted octanol–water partition coefficient (Wildman–Crippen LogP) is 1.99. The van der Waals surface area contributed by atoms with Crippen molar-refractivity contribution in [3.05, 3.63) is 35.1 Å². The van der Waals surface area contributed by atoms with E-state index in [9.17, 15) is 4.39 Å². The summed E-state index contributed by atoms with van der Waals surface area (Å²) < 4.78 is 18.9. The highest BCUT2D eigenvalue weighted by Gasteiger charge is 2.19. The van der Waals surface area contributed by atoms with Gasteiger partial charge in [-0.25, -0.2) is 4.39 Å². The molecule has 1 heterocycles. The largest absolute Gasteiger partial charge is 0.384 e. The van der Waals surface area contributed by atoms with Crippen LogP contribution in [0.1, 0.15) is 24.0 Å². The molecule has 0 bridgehead atoms. The van der Waals surface area contributed by atoms with Crippen molar-refractivity contribution in [2.75, 3.05) is 33.4 Å². The summed E-state index contributed by atoms with van der Waals surface area (Å²) in [5.74, 6) is 5.89. The molecule has 3 nitrogen and oxygen atoms in total. The molecule has 2 rings (SSSR count). The summed E-state index contributed by atoms with van der Waals surface area (Å²) in [6, 6.07) is 5.16. The van der Waals surface area contributed by atoms with Gasteiger partial charge in [-0.05, 0) is 49.5 Å². The molecule has 0 aromatic heterocycles. The lowest BCUT2D eigenvalue weighted by Gasteiger charge is -2.31. The van der Waals surface area contributed by atoms with Crippen LogP contribution >= 0.6 is 0 Å². The van der Waals surface area contributed by atoms with E-state index < -0.39 is 0 Å². The van der Waals surface area contributed by atoms with Gasteiger partial charge >= 0.3 is 0 Å². The van der Waals surface area contributed by atoms with Gasteiger partial charge in [-0.1, -0.05) is 17.9 Å². The number of rotatable bonds is 4. The van der Waals surface area contributed by atoms with Gasteiger partial charge < -0.3 is 10.5 Å². The number of nitrogens with two attached hydrogens (primary N) is 1. The summed E-state index contributed by atoms with van der Waals surface area (Å²) in [6.45, 7) is 4.07. The standard InChI is InChI=1S/C17H23FN2O/c1-21-13-14-6-9-20(10-7-14)12-15-4-5-17(18)16(11-15)3-2-8-19/h4-5,11,14H,6-10,12-13,19H2,1H3. The lowest BCUT2D eigenvalue weighted by Crippen LogP contribution is -2.34. The first kappa shape index (κ1) is 16.0. The van der Waals surface area contributed by atoms with Crippen LogP contribution in [0.4, 0.5) is 4.39 Å². The van der Waals surface area contributed by atoms with Crippen molar-refractivity contribution >= 4 is 0 Å². The number of piperidine rings is 1. The first-order valence-electron chi connectivity index (χ1n) is 7.41. The van der Waals surface area contributed by atoms with Crippen LogP contribution in [0.3, 0.4) is 0 Å². The molecule has 21 heavy (non-hydrogen) atoms. The Balaban J connectivity index is 1.94. The Labute approximate surface area is 126 Å². The molecule has 0 atom stereocenters. The van der Waals surface area contributed by atoms with Gasteiger partial charge in [0.1, 0.15) is 5.82 Å². The molecule has 0 radical (unpaired) electrons. The van der Waals surface area contributed by atoms with Gasteiger partial charge in [0.15, 0.2) is 0 Å². The molecule has 1 saturated heterocycles. The molecule has 114 valence electrons. The zero-order valence-electron chi connectivity index (χ0n) is 12.6. The average Bonchev–Trinajstić information content (AvgIpc) is 2.50. The van der Waals surface area contributed by atoms with Crippen molar-refractivity contribution in [3.8, 4) is 11.8 Å². The fraction of sp³-hybridized carbons (Fsp3) is 0.529. The van der Waals surface area contributed by atoms with Crippen LogP contribution < -0.4 is 5.73 Å². The van der Waals surface area contributed by atoms with Crippen LogP contribution in [0.5, 0.6) is 0 Å². The third-order valence-electron chi connectivity index (χ3n) is 3.87. The van der Waals surface area contributed by atoms with E-state index in [0.29, 0.717) is 11.5 Å². The van der Waals surface area contributed by atoms with E-state index >= 15 is 0 Å². The van der Waals surface area contributed by atoms with Crippen molar-refractivity contribution in [2.24, 2.45) is 11.7 Å². The SMILES string of the molecule is COCC1CCN(Cc2ccc(F)c(C#CCN)c2)CC1. The molecule has 0 unspecified atom stereocenters. The Hall–Kier alpha value is -1.41. The Bertz CT molecular complexity index is 513. The number of methoxy groups -OCH3 is 1. The van der Waals surface area contributed by atoms with E-state index in [1.807, 2.05) is 12.1 Å². The lowest BCUT2D eigenvalue weighted by atomic mass is 9.97. The third-order valence-corrected chi connectivity index (χ3v) is 3.87. The highest BCUT2D eigenvalue weighted by atomic mass is 19.1. The Morgan fingerprint density at radius 1 is 1.38 bits per heavy atom. The topological polar surface area (TPSA) is 38.5 Å². The summed E-state index contributed by atoms with van der Waals surface area (Å²) in [5, 5.41) is 0. The van der Waals surface area contributed by atoms with Crippen LogP contribution in [0.15, 0.2) is 18.2 Å². The third kappa shape index (κ3) is 4.82. The van der Waals surface area contributed by atoms with Gasteiger partial charge in [0.2, 0.25) is 0 Å². The number of nitrogens with zero attached hydrogens (tertiary/aromatic N) is 1. The average molecular weight is 290 g/mol. The monoisotopic (exact) mass is 290 g/mol. The van der Waals surface area contributed by atoms with Crippen molar-refractivity contribution in [1.29, 1.82) is 0 Å². The molecule has 1 aromatic carbocycles. The zero-order chi connectivity index (χ0) is 15.1. The first-order valence-corrected chi connectivity index (χ1v) is 7.41. The maximum Gasteiger partial charge on any atom is 0.138 e. The van der Waals surface area contributed by atoms with Gasteiger partial charge in [0, 0.05) is 20.3 Å². The number of hydrogen-bond donors (Lipinski definition) is 1. The minimum Gasteiger partial charge on any atom is -0.384 e. The van der Waals surface area contributed by atoms with E-state index in [2.05, 4.69) is 16.7 Å². The summed E-state index contributed by atoms with van der Waals surface area (Å²) in [4.78, 5) is 2.40. The van der Waals surface area contributed by atoms with E-state index in [-0.39, 0.29) is 12.4 Å². The van der Waals surface area contributed by atoms with Crippen LogP contribution in [-0.2, 0) is 11.3 Å². The Morgan fingerprint density at radius 2 is 2.14 bits per heavy atom. The summed E-state index contributed by atoms with van der Waals surface area (Å²) in [6.07, 6.45) is 2.32. The second kappa shape index (κ2) is 8.14. The van der Waals surface area contributed by atoms with E-state index in [4.69, 9.17) is 10.5 Å². The summed E-state index contributed by atoms with van der Waals surface area (Å²) in [5.41, 5.74) is 6.87. The van der Waals surface area contributed by atoms with Crippen molar-refractivity contribution in [2.45, 2.75) is 19.4 Å². The number of benzene rings is 1. The predicted molar refractivity (Wildman–Crippen MR) is 82.2 cm³/mol. The Morgan fingerprint density at radius 3 is 2.81 bits per heavy atom. The second-order valence-corrected chi connectivity index (χ2v) is 5.49. The van der Waals surface area contributed by atoms with E-state index in [1.165, 1.54) is 6.07 Å². The lowest BCUT2D eigenvalue weighted by molar-refractivity contribution is 0.0968. The fourth-order valence-corrected chi connectivity index (χ4v) is 2.72. The fourth-order valence-electron chi connectivity index (χ4n) is 2.72. The second-order valence-electron chi connectivity index (χ2n) is 5.49. The maximum absolute atomic E-state index is 13.6. The molecule has 1 aliphatic heterocycles. The normalized spacial score (nSPS) is 16.5. The van der Waals surface area contributed by atoms with Gasteiger partial charge in [0.05, 0.1) is 12.1 Å². The van der Waals surface area contributed by atoms with E-state index in [1.54, 1.807) is 7.11 Å². The van der Waals surface area contributed by atoms with Gasteiger partial charge in [0.25, 0.3) is 0 Å². The zero-order valence-corrected chi connectivity index (χ0v) is 12.6. The van der Waals surface area contributed by atoms with Crippen LogP contribution in [-0.4, -0.2) is 38.3 Å². The molecule has 0 spiro atoms. The molecule has 0 amide bonds. The minimum atomic E-state index is -0.279. The molecule has 1 aromatic rings. The van der Waals surface area contributed by atoms with Gasteiger partial charge in [-0.15, -0.1) is 0 Å². The Kier molecular flexibility index (Phi) is 6.19. The van der Waals surface area contributed by atoms with Crippen LogP contribution in [0, 0.1) is 23.6 Å². The number of likely N-dealkylation sites (tertiary alicyclic amines) is 1. The number of hydrogen-bond acceptors (Lipinski definition) is 3. The molecule has 2 N–H and O–H groups in total. The van der Waals surface area contributed by atoms with Gasteiger partial charge in [-0.2, -0.15) is 0 Å². The van der Waals surface area contributed by atoms with Crippen LogP contribution in [0.2, 0.25) is 0 Å². The minimum absolute atomic E-state index is 0.247.